The molecule has 124 valence electrons. The SMILES string of the molecule is COC(=O)c1ccc(C(=O)N[C@@H](C(=O)OC)c2ccccc2)cc1. The topological polar surface area (TPSA) is 81.7 Å². The third-order valence-electron chi connectivity index (χ3n) is 3.41. The maximum atomic E-state index is 12.4. The van der Waals surface area contributed by atoms with Gasteiger partial charge in [0.25, 0.3) is 5.91 Å². The van der Waals surface area contributed by atoms with Gasteiger partial charge in [0, 0.05) is 5.56 Å². The summed E-state index contributed by atoms with van der Waals surface area (Å²) in [6.45, 7) is 0. The van der Waals surface area contributed by atoms with E-state index in [9.17, 15) is 14.4 Å². The van der Waals surface area contributed by atoms with Crippen LogP contribution < -0.4 is 5.32 Å². The van der Waals surface area contributed by atoms with Crippen LogP contribution in [0.5, 0.6) is 0 Å². The van der Waals surface area contributed by atoms with Crippen LogP contribution in [0.4, 0.5) is 0 Å². The van der Waals surface area contributed by atoms with Gasteiger partial charge in [0.15, 0.2) is 6.04 Å². The van der Waals surface area contributed by atoms with E-state index >= 15 is 0 Å². The number of amides is 1. The van der Waals surface area contributed by atoms with Crippen molar-refractivity contribution >= 4 is 17.8 Å². The van der Waals surface area contributed by atoms with Crippen LogP contribution >= 0.6 is 0 Å². The van der Waals surface area contributed by atoms with Crippen LogP contribution in [0.1, 0.15) is 32.3 Å². The van der Waals surface area contributed by atoms with Crippen molar-refractivity contribution in [3.8, 4) is 0 Å². The monoisotopic (exact) mass is 327 g/mol. The van der Waals surface area contributed by atoms with Crippen LogP contribution in [0.2, 0.25) is 0 Å². The molecule has 1 atom stereocenters. The van der Waals surface area contributed by atoms with Crippen molar-refractivity contribution in [3.05, 3.63) is 71.3 Å². The summed E-state index contributed by atoms with van der Waals surface area (Å²) in [5.41, 5.74) is 1.26. The van der Waals surface area contributed by atoms with E-state index < -0.39 is 23.9 Å². The molecule has 24 heavy (non-hydrogen) atoms. The van der Waals surface area contributed by atoms with Gasteiger partial charge in [-0.3, -0.25) is 4.79 Å². The summed E-state index contributed by atoms with van der Waals surface area (Å²) in [6.07, 6.45) is 0. The number of nitrogens with one attached hydrogen (secondary N) is 1. The molecule has 0 saturated carbocycles. The van der Waals surface area contributed by atoms with Gasteiger partial charge in [0.05, 0.1) is 19.8 Å². The largest absolute Gasteiger partial charge is 0.467 e. The number of hydrogen-bond acceptors (Lipinski definition) is 5. The average molecular weight is 327 g/mol. The third kappa shape index (κ3) is 3.98. The predicted octanol–water partition coefficient (Wildman–Crippen LogP) is 2.12. The van der Waals surface area contributed by atoms with Crippen molar-refractivity contribution < 1.29 is 23.9 Å². The minimum Gasteiger partial charge on any atom is -0.467 e. The van der Waals surface area contributed by atoms with Crippen molar-refractivity contribution in [2.75, 3.05) is 14.2 Å². The molecule has 1 N–H and O–H groups in total. The molecular formula is C18H17NO5. The first-order valence-electron chi connectivity index (χ1n) is 7.19. The molecule has 0 radical (unpaired) electrons. The van der Waals surface area contributed by atoms with E-state index in [2.05, 4.69) is 10.1 Å². The van der Waals surface area contributed by atoms with Crippen LogP contribution in [0.15, 0.2) is 54.6 Å². The van der Waals surface area contributed by atoms with E-state index in [0.29, 0.717) is 16.7 Å². The van der Waals surface area contributed by atoms with Gasteiger partial charge in [-0.1, -0.05) is 30.3 Å². The van der Waals surface area contributed by atoms with Crippen LogP contribution in [-0.2, 0) is 14.3 Å². The van der Waals surface area contributed by atoms with Gasteiger partial charge in [-0.15, -0.1) is 0 Å². The quantitative estimate of drug-likeness (QED) is 0.851. The first-order valence-corrected chi connectivity index (χ1v) is 7.19. The molecule has 6 nitrogen and oxygen atoms in total. The van der Waals surface area contributed by atoms with E-state index in [1.165, 1.54) is 38.5 Å². The molecule has 0 fully saturated rings. The highest BCUT2D eigenvalue weighted by molar-refractivity contribution is 5.98. The summed E-state index contributed by atoms with van der Waals surface area (Å²) in [4.78, 5) is 35.7. The van der Waals surface area contributed by atoms with E-state index in [1.54, 1.807) is 24.3 Å². The molecule has 2 rings (SSSR count). The number of rotatable bonds is 5. The molecule has 0 aliphatic carbocycles. The van der Waals surface area contributed by atoms with E-state index in [-0.39, 0.29) is 0 Å². The van der Waals surface area contributed by atoms with E-state index in [1.807, 2.05) is 6.07 Å². The van der Waals surface area contributed by atoms with Crippen LogP contribution in [0, 0.1) is 0 Å². The molecule has 0 saturated heterocycles. The Balaban J connectivity index is 2.18. The first-order chi connectivity index (χ1) is 11.6. The lowest BCUT2D eigenvalue weighted by Crippen LogP contribution is -2.34. The van der Waals surface area contributed by atoms with Crippen LogP contribution in [-0.4, -0.2) is 32.1 Å². The standard InChI is InChI=1S/C18H17NO5/c1-23-17(21)14-10-8-13(9-11-14)16(20)19-15(18(22)24-2)12-6-4-3-5-7-12/h3-11,15H,1-2H3,(H,19,20)/t15-/m1/s1. The van der Waals surface area contributed by atoms with Crippen molar-refractivity contribution in [2.45, 2.75) is 6.04 Å². The maximum Gasteiger partial charge on any atom is 0.337 e. The fourth-order valence-corrected chi connectivity index (χ4v) is 2.13. The Morgan fingerprint density at radius 1 is 0.833 bits per heavy atom. The highest BCUT2D eigenvalue weighted by Crippen LogP contribution is 2.15. The second kappa shape index (κ2) is 7.92. The van der Waals surface area contributed by atoms with Gasteiger partial charge in [0.2, 0.25) is 0 Å². The Morgan fingerprint density at radius 2 is 1.42 bits per heavy atom. The molecule has 0 heterocycles. The second-order valence-electron chi connectivity index (χ2n) is 4.91. The van der Waals surface area contributed by atoms with Crippen molar-refractivity contribution in [3.63, 3.8) is 0 Å². The van der Waals surface area contributed by atoms with Crippen molar-refractivity contribution in [2.24, 2.45) is 0 Å². The predicted molar refractivity (Wildman–Crippen MR) is 86.4 cm³/mol. The minimum atomic E-state index is -0.913. The number of carbonyl (C=O) groups excluding carboxylic acids is 3. The summed E-state index contributed by atoms with van der Waals surface area (Å²) >= 11 is 0. The zero-order chi connectivity index (χ0) is 17.5. The summed E-state index contributed by atoms with van der Waals surface area (Å²) in [5, 5.41) is 2.63. The number of ether oxygens (including phenoxy) is 2. The number of hydrogen-bond donors (Lipinski definition) is 1. The number of benzene rings is 2. The van der Waals surface area contributed by atoms with Crippen LogP contribution in [0.3, 0.4) is 0 Å². The molecule has 0 bridgehead atoms. The molecule has 0 aliphatic heterocycles. The summed E-state index contributed by atoms with van der Waals surface area (Å²) in [6, 6.07) is 13.8. The summed E-state index contributed by atoms with van der Waals surface area (Å²) in [7, 11) is 2.54. The van der Waals surface area contributed by atoms with Gasteiger partial charge >= 0.3 is 11.9 Å². The lowest BCUT2D eigenvalue weighted by Gasteiger charge is -2.17. The lowest BCUT2D eigenvalue weighted by atomic mass is 10.1. The van der Waals surface area contributed by atoms with Crippen molar-refractivity contribution in [1.29, 1.82) is 0 Å². The third-order valence-corrected chi connectivity index (χ3v) is 3.41. The fourth-order valence-electron chi connectivity index (χ4n) is 2.13. The fraction of sp³-hybridized carbons (Fsp3) is 0.167. The second-order valence-corrected chi connectivity index (χ2v) is 4.91. The zero-order valence-corrected chi connectivity index (χ0v) is 13.3. The van der Waals surface area contributed by atoms with Gasteiger partial charge in [-0.25, -0.2) is 9.59 Å². The van der Waals surface area contributed by atoms with E-state index in [4.69, 9.17) is 4.74 Å². The molecule has 6 heteroatoms. The zero-order valence-electron chi connectivity index (χ0n) is 13.3. The summed E-state index contributed by atoms with van der Waals surface area (Å²) < 4.78 is 9.36. The van der Waals surface area contributed by atoms with Gasteiger partial charge in [-0.2, -0.15) is 0 Å². The Labute approximate surface area is 139 Å². The Kier molecular flexibility index (Phi) is 5.68. The average Bonchev–Trinajstić information content (AvgIpc) is 2.65. The number of methoxy groups -OCH3 is 2. The smallest absolute Gasteiger partial charge is 0.337 e. The van der Waals surface area contributed by atoms with E-state index in [0.717, 1.165) is 0 Å². The molecule has 0 aromatic heterocycles. The van der Waals surface area contributed by atoms with Crippen LogP contribution in [0.25, 0.3) is 0 Å². The molecule has 0 aliphatic rings. The summed E-state index contributed by atoms with van der Waals surface area (Å²) in [5.74, 6) is -1.51. The Bertz CT molecular complexity index is 725. The molecule has 0 unspecified atom stereocenters. The molecular weight excluding hydrogens is 310 g/mol. The highest BCUT2D eigenvalue weighted by atomic mass is 16.5. The van der Waals surface area contributed by atoms with Gasteiger partial charge in [0.1, 0.15) is 0 Å². The normalized spacial score (nSPS) is 11.2. The van der Waals surface area contributed by atoms with Gasteiger partial charge in [-0.05, 0) is 29.8 Å². The number of carbonyl (C=O) groups is 3. The molecule has 0 spiro atoms. The van der Waals surface area contributed by atoms with Gasteiger partial charge < -0.3 is 14.8 Å². The molecule has 1 amide bonds. The van der Waals surface area contributed by atoms with Crippen molar-refractivity contribution in [1.82, 2.24) is 5.32 Å². The molecule has 2 aromatic rings. The highest BCUT2D eigenvalue weighted by Gasteiger charge is 2.24. The first kappa shape index (κ1) is 17.2. The number of esters is 2. The molecule has 2 aromatic carbocycles. The Hall–Kier alpha value is -3.15. The minimum absolute atomic E-state index is 0.312. The maximum absolute atomic E-state index is 12.4. The Morgan fingerprint density at radius 3 is 1.96 bits per heavy atom. The lowest BCUT2D eigenvalue weighted by molar-refractivity contribution is -0.143.